The third-order valence-electron chi connectivity index (χ3n) is 2.16. The first-order valence-electron chi connectivity index (χ1n) is 4.30. The van der Waals surface area contributed by atoms with Gasteiger partial charge in [0.15, 0.2) is 0 Å². The standard InChI is InChI=1S/C10H9FN2O2/c1-5-6(11)2-3-8(14)10(5)7-4-9(12)15-13-7/h2-4,14H,12H2,1H3. The summed E-state index contributed by atoms with van der Waals surface area (Å²) in [6.45, 7) is 1.55. The van der Waals surface area contributed by atoms with Crippen LogP contribution in [0.4, 0.5) is 10.3 Å². The number of hydrogen-bond acceptors (Lipinski definition) is 4. The highest BCUT2D eigenvalue weighted by Crippen LogP contribution is 2.33. The molecule has 0 atom stereocenters. The molecule has 2 aromatic rings. The molecule has 0 aliphatic carbocycles. The van der Waals surface area contributed by atoms with Crippen LogP contribution in [0.1, 0.15) is 5.56 Å². The Morgan fingerprint density at radius 3 is 2.80 bits per heavy atom. The lowest BCUT2D eigenvalue weighted by molar-refractivity contribution is 0.437. The maximum Gasteiger partial charge on any atom is 0.222 e. The number of hydrogen-bond donors (Lipinski definition) is 2. The first kappa shape index (κ1) is 9.51. The van der Waals surface area contributed by atoms with Crippen LogP contribution in [0.25, 0.3) is 11.3 Å². The van der Waals surface area contributed by atoms with Crippen LogP contribution in [-0.4, -0.2) is 10.3 Å². The van der Waals surface area contributed by atoms with Crippen molar-refractivity contribution in [3.8, 4) is 17.0 Å². The number of nitrogens with two attached hydrogens (primary N) is 1. The molecule has 0 unspecified atom stereocenters. The van der Waals surface area contributed by atoms with Gasteiger partial charge in [-0.05, 0) is 24.6 Å². The number of phenols is 1. The molecular formula is C10H9FN2O2. The molecule has 78 valence electrons. The summed E-state index contributed by atoms with van der Waals surface area (Å²) < 4.78 is 17.9. The molecule has 0 fully saturated rings. The van der Waals surface area contributed by atoms with E-state index >= 15 is 0 Å². The highest BCUT2D eigenvalue weighted by molar-refractivity contribution is 5.71. The van der Waals surface area contributed by atoms with Crippen molar-refractivity contribution in [1.29, 1.82) is 0 Å². The van der Waals surface area contributed by atoms with Crippen LogP contribution in [0.2, 0.25) is 0 Å². The zero-order valence-corrected chi connectivity index (χ0v) is 7.99. The summed E-state index contributed by atoms with van der Waals surface area (Å²) in [4.78, 5) is 0. The zero-order chi connectivity index (χ0) is 11.0. The lowest BCUT2D eigenvalue weighted by Gasteiger charge is -2.05. The topological polar surface area (TPSA) is 72.3 Å². The van der Waals surface area contributed by atoms with Crippen LogP contribution < -0.4 is 5.73 Å². The maximum atomic E-state index is 13.3. The fourth-order valence-corrected chi connectivity index (χ4v) is 1.40. The average molecular weight is 208 g/mol. The fraction of sp³-hybridized carbons (Fsp3) is 0.100. The number of rotatable bonds is 1. The van der Waals surface area contributed by atoms with Crippen LogP contribution in [-0.2, 0) is 0 Å². The number of aromatic hydroxyl groups is 1. The average Bonchev–Trinajstić information content (AvgIpc) is 2.59. The van der Waals surface area contributed by atoms with Gasteiger partial charge in [-0.3, -0.25) is 0 Å². The normalized spacial score (nSPS) is 10.5. The predicted molar refractivity (Wildman–Crippen MR) is 52.7 cm³/mol. The fourth-order valence-electron chi connectivity index (χ4n) is 1.40. The van der Waals surface area contributed by atoms with E-state index in [1.54, 1.807) is 6.92 Å². The van der Waals surface area contributed by atoms with E-state index in [0.29, 0.717) is 16.8 Å². The zero-order valence-electron chi connectivity index (χ0n) is 7.99. The molecule has 4 nitrogen and oxygen atoms in total. The maximum absolute atomic E-state index is 13.3. The minimum absolute atomic E-state index is 0.0535. The van der Waals surface area contributed by atoms with Gasteiger partial charge in [0.25, 0.3) is 0 Å². The summed E-state index contributed by atoms with van der Waals surface area (Å²) in [6, 6.07) is 3.89. The summed E-state index contributed by atoms with van der Waals surface area (Å²) in [5, 5.41) is 13.2. The van der Waals surface area contributed by atoms with Gasteiger partial charge in [-0.2, -0.15) is 0 Å². The van der Waals surface area contributed by atoms with E-state index in [1.165, 1.54) is 18.2 Å². The monoisotopic (exact) mass is 208 g/mol. The molecule has 1 aromatic carbocycles. The van der Waals surface area contributed by atoms with Crippen LogP contribution in [0.3, 0.4) is 0 Å². The SMILES string of the molecule is Cc1c(F)ccc(O)c1-c1cc(N)on1. The highest BCUT2D eigenvalue weighted by atomic mass is 19.1. The first-order chi connectivity index (χ1) is 7.09. The Bertz CT molecular complexity index is 508. The van der Waals surface area contributed by atoms with Crippen LogP contribution in [0.5, 0.6) is 5.75 Å². The van der Waals surface area contributed by atoms with E-state index in [4.69, 9.17) is 5.73 Å². The molecule has 5 heteroatoms. The number of anilines is 1. The van der Waals surface area contributed by atoms with Gasteiger partial charge in [0.1, 0.15) is 17.3 Å². The van der Waals surface area contributed by atoms with Gasteiger partial charge in [0.2, 0.25) is 5.88 Å². The Morgan fingerprint density at radius 2 is 2.20 bits per heavy atom. The number of aromatic nitrogens is 1. The van der Waals surface area contributed by atoms with Crippen LogP contribution >= 0.6 is 0 Å². The third kappa shape index (κ3) is 1.52. The molecule has 3 N–H and O–H groups in total. The Kier molecular flexibility index (Phi) is 2.07. The van der Waals surface area contributed by atoms with Gasteiger partial charge in [-0.25, -0.2) is 4.39 Å². The van der Waals surface area contributed by atoms with Gasteiger partial charge >= 0.3 is 0 Å². The lowest BCUT2D eigenvalue weighted by atomic mass is 10.0. The van der Waals surface area contributed by atoms with Crippen molar-refractivity contribution in [2.75, 3.05) is 5.73 Å². The van der Waals surface area contributed by atoms with Crippen LogP contribution in [0.15, 0.2) is 22.7 Å². The minimum Gasteiger partial charge on any atom is -0.507 e. The first-order valence-corrected chi connectivity index (χ1v) is 4.30. The molecule has 0 aliphatic heterocycles. The van der Waals surface area contributed by atoms with Gasteiger partial charge in [-0.15, -0.1) is 0 Å². The number of halogens is 1. The van der Waals surface area contributed by atoms with Crippen molar-refractivity contribution >= 4 is 5.88 Å². The Morgan fingerprint density at radius 1 is 1.47 bits per heavy atom. The highest BCUT2D eigenvalue weighted by Gasteiger charge is 2.14. The molecule has 15 heavy (non-hydrogen) atoms. The Hall–Kier alpha value is -2.04. The molecule has 0 radical (unpaired) electrons. The molecule has 0 saturated carbocycles. The van der Waals surface area contributed by atoms with Gasteiger partial charge in [0.05, 0.1) is 5.56 Å². The van der Waals surface area contributed by atoms with Gasteiger partial charge < -0.3 is 15.4 Å². The quantitative estimate of drug-likeness (QED) is 0.752. The van der Waals surface area contributed by atoms with Crippen molar-refractivity contribution in [1.82, 2.24) is 5.16 Å². The second-order valence-corrected chi connectivity index (χ2v) is 3.18. The largest absolute Gasteiger partial charge is 0.507 e. The number of phenolic OH excluding ortho intramolecular Hbond substituents is 1. The van der Waals surface area contributed by atoms with Crippen molar-refractivity contribution in [2.24, 2.45) is 0 Å². The third-order valence-corrected chi connectivity index (χ3v) is 2.16. The summed E-state index contributed by atoms with van der Waals surface area (Å²) >= 11 is 0. The van der Waals surface area contributed by atoms with Gasteiger partial charge in [0, 0.05) is 6.07 Å². The molecule has 0 amide bonds. The summed E-state index contributed by atoms with van der Waals surface area (Å²) in [5.41, 5.74) is 6.28. The Balaban J connectivity index is 2.66. The van der Waals surface area contributed by atoms with E-state index < -0.39 is 5.82 Å². The smallest absolute Gasteiger partial charge is 0.222 e. The second-order valence-electron chi connectivity index (χ2n) is 3.18. The molecule has 1 heterocycles. The molecule has 0 spiro atoms. The van der Waals surface area contributed by atoms with E-state index in [0.717, 1.165) is 0 Å². The second kappa shape index (κ2) is 3.27. The number of benzene rings is 1. The van der Waals surface area contributed by atoms with Crippen molar-refractivity contribution in [3.63, 3.8) is 0 Å². The molecule has 0 bridgehead atoms. The van der Waals surface area contributed by atoms with E-state index in [-0.39, 0.29) is 11.6 Å². The molecule has 0 aliphatic rings. The number of nitrogens with zero attached hydrogens (tertiary/aromatic N) is 1. The minimum atomic E-state index is -0.413. The summed E-state index contributed by atoms with van der Waals surface area (Å²) in [6.07, 6.45) is 0. The summed E-state index contributed by atoms with van der Waals surface area (Å²) in [5.74, 6) is -0.348. The van der Waals surface area contributed by atoms with Crippen molar-refractivity contribution < 1.29 is 14.0 Å². The molecule has 1 aromatic heterocycles. The Labute approximate surface area is 85.1 Å². The molecule has 0 saturated heterocycles. The lowest BCUT2D eigenvalue weighted by Crippen LogP contribution is -1.89. The predicted octanol–water partition coefficient (Wildman–Crippen LogP) is 2.08. The molecule has 2 rings (SSSR count). The van der Waals surface area contributed by atoms with Crippen LogP contribution in [0, 0.1) is 12.7 Å². The van der Waals surface area contributed by atoms with E-state index in [2.05, 4.69) is 9.68 Å². The van der Waals surface area contributed by atoms with E-state index in [9.17, 15) is 9.50 Å². The van der Waals surface area contributed by atoms with Crippen molar-refractivity contribution in [2.45, 2.75) is 6.92 Å². The van der Waals surface area contributed by atoms with E-state index in [1.807, 2.05) is 0 Å². The summed E-state index contributed by atoms with van der Waals surface area (Å²) in [7, 11) is 0. The van der Waals surface area contributed by atoms with Gasteiger partial charge in [-0.1, -0.05) is 5.16 Å². The molecular weight excluding hydrogens is 199 g/mol. The van der Waals surface area contributed by atoms with Crippen molar-refractivity contribution in [3.05, 3.63) is 29.6 Å². The number of nitrogen functional groups attached to an aromatic ring is 1.